The van der Waals surface area contributed by atoms with Gasteiger partial charge in [-0.2, -0.15) is 0 Å². The number of fused-ring (bicyclic) bond motifs is 1. The Bertz CT molecular complexity index is 1750. The lowest BCUT2D eigenvalue weighted by atomic mass is 10.1. The highest BCUT2D eigenvalue weighted by Gasteiger charge is 2.20. The van der Waals surface area contributed by atoms with Crippen LogP contribution in [0, 0.1) is 0 Å². The zero-order valence-corrected chi connectivity index (χ0v) is 23.1. The molecule has 0 bridgehead atoms. The molecule has 0 aliphatic carbocycles. The van der Waals surface area contributed by atoms with Crippen molar-refractivity contribution in [3.05, 3.63) is 107 Å². The summed E-state index contributed by atoms with van der Waals surface area (Å²) in [4.78, 5) is 37.2. The number of amides is 1. The van der Waals surface area contributed by atoms with Crippen molar-refractivity contribution < 1.29 is 19.0 Å². The standard InChI is InChI=1S/C31H29N5O5/c1-35(2)24-13-15-36(19-20-8-6-5-7-9-20)31(38)29(24)30(37)34-28-11-10-21(18-33-28)41-25-12-14-32-23-17-27(40-4)26(39-3)16-22(23)25/h5-18H,19H2,1-4H3,(H,33,34,37). The van der Waals surface area contributed by atoms with Crippen LogP contribution in [0.3, 0.4) is 0 Å². The molecular weight excluding hydrogens is 522 g/mol. The molecule has 5 rings (SSSR count). The number of methoxy groups -OCH3 is 2. The van der Waals surface area contributed by atoms with Crippen LogP contribution in [-0.2, 0) is 6.54 Å². The number of ether oxygens (including phenoxy) is 3. The Morgan fingerprint density at radius 3 is 2.37 bits per heavy atom. The molecule has 1 N–H and O–H groups in total. The Balaban J connectivity index is 1.37. The van der Waals surface area contributed by atoms with Gasteiger partial charge < -0.3 is 29.0 Å². The van der Waals surface area contributed by atoms with Gasteiger partial charge in [0.2, 0.25) is 0 Å². The van der Waals surface area contributed by atoms with E-state index in [1.54, 1.807) is 82.0 Å². The van der Waals surface area contributed by atoms with E-state index < -0.39 is 11.5 Å². The summed E-state index contributed by atoms with van der Waals surface area (Å²) in [5.74, 6) is 1.83. The number of anilines is 2. The van der Waals surface area contributed by atoms with Crippen LogP contribution in [0.1, 0.15) is 15.9 Å². The molecule has 41 heavy (non-hydrogen) atoms. The zero-order valence-electron chi connectivity index (χ0n) is 23.1. The van der Waals surface area contributed by atoms with Crippen molar-refractivity contribution >= 4 is 28.3 Å². The Hall–Kier alpha value is -5.38. The molecule has 2 aromatic carbocycles. The number of carbonyl (C=O) groups excluding carboxylic acids is 1. The second-order valence-corrected chi connectivity index (χ2v) is 9.36. The second kappa shape index (κ2) is 11.8. The summed E-state index contributed by atoms with van der Waals surface area (Å²) in [6.45, 7) is 0.348. The molecule has 0 aliphatic heterocycles. The fourth-order valence-electron chi connectivity index (χ4n) is 4.41. The van der Waals surface area contributed by atoms with Crippen molar-refractivity contribution in [2.75, 3.05) is 38.5 Å². The number of nitrogens with one attached hydrogen (secondary N) is 1. The van der Waals surface area contributed by atoms with Crippen molar-refractivity contribution in [3.63, 3.8) is 0 Å². The van der Waals surface area contributed by atoms with Crippen molar-refractivity contribution in [1.29, 1.82) is 0 Å². The normalized spacial score (nSPS) is 10.7. The van der Waals surface area contributed by atoms with Crippen molar-refractivity contribution in [2.45, 2.75) is 6.54 Å². The Morgan fingerprint density at radius 1 is 0.927 bits per heavy atom. The van der Waals surface area contributed by atoms with Gasteiger partial charge in [0.05, 0.1) is 38.2 Å². The minimum absolute atomic E-state index is 0.0307. The molecular formula is C31H29N5O5. The number of nitrogens with zero attached hydrogens (tertiary/aromatic N) is 4. The number of hydrogen-bond acceptors (Lipinski definition) is 8. The van der Waals surface area contributed by atoms with Gasteiger partial charge in [0.25, 0.3) is 11.5 Å². The van der Waals surface area contributed by atoms with Gasteiger partial charge in [-0.1, -0.05) is 30.3 Å². The first-order chi connectivity index (χ1) is 19.9. The maximum absolute atomic E-state index is 13.4. The number of aromatic nitrogens is 3. The van der Waals surface area contributed by atoms with E-state index in [-0.39, 0.29) is 11.4 Å². The number of carbonyl (C=O) groups is 1. The van der Waals surface area contributed by atoms with E-state index in [9.17, 15) is 9.59 Å². The van der Waals surface area contributed by atoms with Crippen LogP contribution in [0.15, 0.2) is 90.1 Å². The largest absolute Gasteiger partial charge is 0.493 e. The Morgan fingerprint density at radius 2 is 1.68 bits per heavy atom. The molecule has 0 radical (unpaired) electrons. The lowest BCUT2D eigenvalue weighted by molar-refractivity contribution is 0.102. The number of rotatable bonds is 9. The first-order valence-electron chi connectivity index (χ1n) is 12.8. The molecule has 0 aliphatic rings. The van der Waals surface area contributed by atoms with Gasteiger partial charge in [-0.3, -0.25) is 14.6 Å². The third-order valence-electron chi connectivity index (χ3n) is 6.46. The molecule has 0 atom stereocenters. The predicted molar refractivity (Wildman–Crippen MR) is 158 cm³/mol. The van der Waals surface area contributed by atoms with Gasteiger partial charge in [-0.15, -0.1) is 0 Å². The summed E-state index contributed by atoms with van der Waals surface area (Å²) >= 11 is 0. The van der Waals surface area contributed by atoms with Crippen LogP contribution in [0.4, 0.5) is 11.5 Å². The quantitative estimate of drug-likeness (QED) is 0.274. The molecule has 3 heterocycles. The molecule has 208 valence electrons. The second-order valence-electron chi connectivity index (χ2n) is 9.36. The molecule has 1 amide bonds. The third kappa shape index (κ3) is 5.81. The Labute approximate surface area is 236 Å². The highest BCUT2D eigenvalue weighted by Crippen LogP contribution is 2.36. The van der Waals surface area contributed by atoms with Crippen LogP contribution < -0.4 is 30.0 Å². The smallest absolute Gasteiger partial charge is 0.265 e. The molecule has 0 unspecified atom stereocenters. The summed E-state index contributed by atoms with van der Waals surface area (Å²) in [5.41, 5.74) is 1.77. The lowest BCUT2D eigenvalue weighted by Gasteiger charge is -2.18. The van der Waals surface area contributed by atoms with E-state index >= 15 is 0 Å². The third-order valence-corrected chi connectivity index (χ3v) is 6.46. The van der Waals surface area contributed by atoms with Crippen molar-refractivity contribution in [2.24, 2.45) is 0 Å². The monoisotopic (exact) mass is 551 g/mol. The van der Waals surface area contributed by atoms with Crippen LogP contribution in [0.2, 0.25) is 0 Å². The first kappa shape index (κ1) is 27.2. The van der Waals surface area contributed by atoms with Crippen molar-refractivity contribution in [1.82, 2.24) is 14.5 Å². The summed E-state index contributed by atoms with van der Waals surface area (Å²) in [7, 11) is 6.69. The van der Waals surface area contributed by atoms with Crippen LogP contribution in [-0.4, -0.2) is 48.8 Å². The molecule has 10 nitrogen and oxygen atoms in total. The van der Waals surface area contributed by atoms with Gasteiger partial charge >= 0.3 is 0 Å². The first-order valence-corrected chi connectivity index (χ1v) is 12.8. The van der Waals surface area contributed by atoms with E-state index in [1.807, 2.05) is 30.3 Å². The zero-order chi connectivity index (χ0) is 28.9. The maximum atomic E-state index is 13.4. The molecule has 0 saturated heterocycles. The highest BCUT2D eigenvalue weighted by atomic mass is 16.5. The van der Waals surface area contributed by atoms with E-state index in [0.717, 1.165) is 10.9 Å². The minimum atomic E-state index is -0.552. The molecule has 0 saturated carbocycles. The molecule has 3 aromatic heterocycles. The lowest BCUT2D eigenvalue weighted by Crippen LogP contribution is -2.32. The van der Waals surface area contributed by atoms with E-state index in [1.165, 1.54) is 10.8 Å². The van der Waals surface area contributed by atoms with Crippen LogP contribution in [0.5, 0.6) is 23.0 Å². The highest BCUT2D eigenvalue weighted by molar-refractivity contribution is 6.07. The maximum Gasteiger partial charge on any atom is 0.265 e. The molecule has 10 heteroatoms. The van der Waals surface area contributed by atoms with Gasteiger partial charge in [0, 0.05) is 37.9 Å². The summed E-state index contributed by atoms with van der Waals surface area (Å²) in [6, 6.07) is 20.0. The van der Waals surface area contributed by atoms with E-state index in [0.29, 0.717) is 40.7 Å². The van der Waals surface area contributed by atoms with Crippen LogP contribution in [0.25, 0.3) is 10.9 Å². The van der Waals surface area contributed by atoms with Crippen molar-refractivity contribution in [3.8, 4) is 23.0 Å². The SMILES string of the molecule is COc1cc2nccc(Oc3ccc(NC(=O)c4c(N(C)C)ccn(Cc5ccccc5)c4=O)nc3)c2cc1OC. The molecule has 5 aromatic rings. The van der Waals surface area contributed by atoms with Gasteiger partial charge in [-0.25, -0.2) is 4.98 Å². The number of pyridine rings is 3. The van der Waals surface area contributed by atoms with Crippen LogP contribution >= 0.6 is 0 Å². The fourth-order valence-corrected chi connectivity index (χ4v) is 4.41. The summed E-state index contributed by atoms with van der Waals surface area (Å²) < 4.78 is 18.4. The Kier molecular flexibility index (Phi) is 7.82. The van der Waals surface area contributed by atoms with E-state index in [4.69, 9.17) is 14.2 Å². The van der Waals surface area contributed by atoms with E-state index in [2.05, 4.69) is 15.3 Å². The average Bonchev–Trinajstić information content (AvgIpc) is 2.98. The molecule has 0 fully saturated rings. The topological polar surface area (TPSA) is 108 Å². The average molecular weight is 552 g/mol. The minimum Gasteiger partial charge on any atom is -0.493 e. The van der Waals surface area contributed by atoms with Gasteiger partial charge in [0.15, 0.2) is 11.5 Å². The number of benzene rings is 2. The van der Waals surface area contributed by atoms with Gasteiger partial charge in [-0.05, 0) is 35.9 Å². The number of hydrogen-bond donors (Lipinski definition) is 1. The van der Waals surface area contributed by atoms with Gasteiger partial charge in [0.1, 0.15) is 22.9 Å². The predicted octanol–water partition coefficient (Wildman–Crippen LogP) is 4.97. The molecule has 0 spiro atoms. The summed E-state index contributed by atoms with van der Waals surface area (Å²) in [5, 5.41) is 3.48. The summed E-state index contributed by atoms with van der Waals surface area (Å²) in [6.07, 6.45) is 4.83. The fraction of sp³-hybridized carbons (Fsp3) is 0.161.